The zero-order valence-electron chi connectivity index (χ0n) is 14.2. The second-order valence-electron chi connectivity index (χ2n) is 6.43. The summed E-state index contributed by atoms with van der Waals surface area (Å²) in [4.78, 5) is 7.04. The van der Waals surface area contributed by atoms with E-state index in [1.54, 1.807) is 0 Å². The third-order valence-electron chi connectivity index (χ3n) is 4.62. The standard InChI is InChI=1S/C18H30N4/c1-14-7-8-17(13-15(14)2)21-18(19)20-10-9-16(3)22-11-5-4-6-12-22/h7-8,13,16H,4-6,9-12H2,1-3H3,(H3,19,20,21). The average molecular weight is 302 g/mol. The fourth-order valence-corrected chi connectivity index (χ4v) is 2.92. The molecule has 1 atom stereocenters. The van der Waals surface area contributed by atoms with Crippen molar-refractivity contribution in [2.75, 3.05) is 25.0 Å². The Bertz CT molecular complexity index is 504. The van der Waals surface area contributed by atoms with Crippen molar-refractivity contribution >= 4 is 11.6 Å². The molecule has 0 bridgehead atoms. The number of nitrogens with zero attached hydrogens (tertiary/aromatic N) is 2. The number of nitrogens with one attached hydrogen (secondary N) is 1. The van der Waals surface area contributed by atoms with Crippen LogP contribution in [-0.4, -0.2) is 36.5 Å². The molecule has 1 saturated heterocycles. The molecule has 122 valence electrons. The zero-order chi connectivity index (χ0) is 15.9. The van der Waals surface area contributed by atoms with E-state index in [1.165, 1.54) is 43.5 Å². The van der Waals surface area contributed by atoms with Crippen molar-refractivity contribution in [1.82, 2.24) is 4.90 Å². The number of likely N-dealkylation sites (tertiary alicyclic amines) is 1. The molecule has 1 aliphatic rings. The van der Waals surface area contributed by atoms with Gasteiger partial charge < -0.3 is 16.0 Å². The van der Waals surface area contributed by atoms with Crippen LogP contribution in [0.5, 0.6) is 0 Å². The van der Waals surface area contributed by atoms with Gasteiger partial charge in [0.2, 0.25) is 0 Å². The van der Waals surface area contributed by atoms with Crippen molar-refractivity contribution in [3.63, 3.8) is 0 Å². The van der Waals surface area contributed by atoms with Gasteiger partial charge in [-0.3, -0.25) is 4.99 Å². The lowest BCUT2D eigenvalue weighted by Crippen LogP contribution is -2.37. The van der Waals surface area contributed by atoms with Gasteiger partial charge in [0.05, 0.1) is 0 Å². The number of aliphatic imine (C=N–C) groups is 1. The van der Waals surface area contributed by atoms with Crippen LogP contribution >= 0.6 is 0 Å². The quantitative estimate of drug-likeness (QED) is 0.648. The highest BCUT2D eigenvalue weighted by Crippen LogP contribution is 2.15. The maximum atomic E-state index is 5.98. The van der Waals surface area contributed by atoms with Crippen LogP contribution in [0.3, 0.4) is 0 Å². The third-order valence-corrected chi connectivity index (χ3v) is 4.62. The van der Waals surface area contributed by atoms with Crippen molar-refractivity contribution < 1.29 is 0 Å². The van der Waals surface area contributed by atoms with E-state index >= 15 is 0 Å². The molecule has 0 aliphatic carbocycles. The number of anilines is 1. The largest absolute Gasteiger partial charge is 0.370 e. The second-order valence-corrected chi connectivity index (χ2v) is 6.43. The number of benzene rings is 1. The molecule has 0 spiro atoms. The van der Waals surface area contributed by atoms with Crippen LogP contribution in [0.4, 0.5) is 5.69 Å². The third kappa shape index (κ3) is 5.02. The van der Waals surface area contributed by atoms with Crippen LogP contribution in [0.15, 0.2) is 23.2 Å². The maximum absolute atomic E-state index is 5.98. The number of hydrogen-bond acceptors (Lipinski definition) is 2. The van der Waals surface area contributed by atoms with Crippen LogP contribution in [0.25, 0.3) is 0 Å². The molecule has 1 unspecified atom stereocenters. The summed E-state index contributed by atoms with van der Waals surface area (Å²) in [5.74, 6) is 0.508. The molecule has 1 heterocycles. The minimum absolute atomic E-state index is 0.508. The van der Waals surface area contributed by atoms with E-state index in [2.05, 4.69) is 48.1 Å². The Labute approximate surface area is 134 Å². The molecule has 1 fully saturated rings. The van der Waals surface area contributed by atoms with Crippen molar-refractivity contribution in [3.8, 4) is 0 Å². The van der Waals surface area contributed by atoms with Gasteiger partial charge in [-0.1, -0.05) is 12.5 Å². The van der Waals surface area contributed by atoms with Crippen molar-refractivity contribution in [1.29, 1.82) is 0 Å². The van der Waals surface area contributed by atoms with Gasteiger partial charge in [0, 0.05) is 18.3 Å². The first-order chi connectivity index (χ1) is 10.6. The lowest BCUT2D eigenvalue weighted by Gasteiger charge is -2.32. The Morgan fingerprint density at radius 1 is 1.23 bits per heavy atom. The average Bonchev–Trinajstić information content (AvgIpc) is 2.51. The summed E-state index contributed by atoms with van der Waals surface area (Å²) in [6, 6.07) is 6.84. The highest BCUT2D eigenvalue weighted by atomic mass is 15.2. The topological polar surface area (TPSA) is 53.6 Å². The summed E-state index contributed by atoms with van der Waals surface area (Å²) in [5.41, 5.74) is 9.54. The Balaban J connectivity index is 1.78. The summed E-state index contributed by atoms with van der Waals surface area (Å²) in [5, 5.41) is 3.18. The molecule has 4 nitrogen and oxygen atoms in total. The van der Waals surface area contributed by atoms with Gasteiger partial charge in [0.25, 0.3) is 0 Å². The van der Waals surface area contributed by atoms with E-state index < -0.39 is 0 Å². The van der Waals surface area contributed by atoms with E-state index in [0.29, 0.717) is 12.0 Å². The number of piperidine rings is 1. The molecule has 0 amide bonds. The fourth-order valence-electron chi connectivity index (χ4n) is 2.92. The Morgan fingerprint density at radius 2 is 1.95 bits per heavy atom. The van der Waals surface area contributed by atoms with E-state index in [0.717, 1.165) is 18.7 Å². The van der Waals surface area contributed by atoms with Crippen molar-refractivity contribution in [2.45, 2.75) is 52.5 Å². The number of rotatable bonds is 5. The van der Waals surface area contributed by atoms with Crippen LogP contribution in [-0.2, 0) is 0 Å². The lowest BCUT2D eigenvalue weighted by atomic mass is 10.1. The van der Waals surface area contributed by atoms with Gasteiger partial charge in [-0.15, -0.1) is 0 Å². The molecule has 1 aromatic carbocycles. The molecular formula is C18H30N4. The molecule has 22 heavy (non-hydrogen) atoms. The number of aryl methyl sites for hydroxylation is 2. The SMILES string of the molecule is Cc1ccc(NC(N)=NCCC(C)N2CCCCC2)cc1C. The first-order valence-electron chi connectivity index (χ1n) is 8.44. The lowest BCUT2D eigenvalue weighted by molar-refractivity contribution is 0.168. The van der Waals surface area contributed by atoms with Crippen LogP contribution in [0.2, 0.25) is 0 Å². The van der Waals surface area contributed by atoms with Crippen LogP contribution < -0.4 is 11.1 Å². The van der Waals surface area contributed by atoms with Gasteiger partial charge in [-0.25, -0.2) is 0 Å². The number of guanidine groups is 1. The van der Waals surface area contributed by atoms with E-state index in [4.69, 9.17) is 5.73 Å². The van der Waals surface area contributed by atoms with Gasteiger partial charge >= 0.3 is 0 Å². The summed E-state index contributed by atoms with van der Waals surface area (Å²) in [6.07, 6.45) is 5.12. The minimum atomic E-state index is 0.508. The summed E-state index contributed by atoms with van der Waals surface area (Å²) in [6.45, 7) is 9.77. The highest BCUT2D eigenvalue weighted by molar-refractivity contribution is 5.92. The Morgan fingerprint density at radius 3 is 2.64 bits per heavy atom. The predicted octanol–water partition coefficient (Wildman–Crippen LogP) is 3.29. The number of hydrogen-bond donors (Lipinski definition) is 2. The molecule has 1 aliphatic heterocycles. The molecule has 0 radical (unpaired) electrons. The zero-order valence-corrected chi connectivity index (χ0v) is 14.2. The van der Waals surface area contributed by atoms with E-state index in [9.17, 15) is 0 Å². The normalized spacial score (nSPS) is 18.2. The first-order valence-corrected chi connectivity index (χ1v) is 8.44. The maximum Gasteiger partial charge on any atom is 0.193 e. The molecule has 0 saturated carbocycles. The Hall–Kier alpha value is -1.55. The predicted molar refractivity (Wildman–Crippen MR) is 95.5 cm³/mol. The van der Waals surface area contributed by atoms with Crippen molar-refractivity contribution in [2.24, 2.45) is 10.7 Å². The van der Waals surface area contributed by atoms with Gasteiger partial charge in [0.15, 0.2) is 5.96 Å². The summed E-state index contributed by atoms with van der Waals surface area (Å²) in [7, 11) is 0. The minimum Gasteiger partial charge on any atom is -0.370 e. The van der Waals surface area contributed by atoms with Gasteiger partial charge in [0.1, 0.15) is 0 Å². The number of nitrogens with two attached hydrogens (primary N) is 1. The van der Waals surface area contributed by atoms with Crippen LogP contribution in [0, 0.1) is 13.8 Å². The van der Waals surface area contributed by atoms with E-state index in [1.807, 2.05) is 6.07 Å². The molecule has 2 rings (SSSR count). The smallest absolute Gasteiger partial charge is 0.193 e. The monoisotopic (exact) mass is 302 g/mol. The molecule has 0 aromatic heterocycles. The second kappa shape index (κ2) is 8.18. The summed E-state index contributed by atoms with van der Waals surface area (Å²) >= 11 is 0. The molecule has 3 N–H and O–H groups in total. The van der Waals surface area contributed by atoms with Crippen molar-refractivity contribution in [3.05, 3.63) is 29.3 Å². The molecule has 4 heteroatoms. The highest BCUT2D eigenvalue weighted by Gasteiger charge is 2.15. The molecular weight excluding hydrogens is 272 g/mol. The van der Waals surface area contributed by atoms with Gasteiger partial charge in [-0.2, -0.15) is 0 Å². The van der Waals surface area contributed by atoms with E-state index in [-0.39, 0.29) is 0 Å². The molecule has 1 aromatic rings. The summed E-state index contributed by atoms with van der Waals surface area (Å²) < 4.78 is 0. The fraction of sp³-hybridized carbons (Fsp3) is 0.611. The van der Waals surface area contributed by atoms with Crippen LogP contribution in [0.1, 0.15) is 43.7 Å². The Kier molecular flexibility index (Phi) is 6.25. The first kappa shape index (κ1) is 16.8. The van der Waals surface area contributed by atoms with Gasteiger partial charge in [-0.05, 0) is 76.4 Å².